The molecule has 1 aliphatic heterocycles. The van der Waals surface area contributed by atoms with Crippen molar-refractivity contribution in [1.29, 1.82) is 0 Å². The molecule has 0 unspecified atom stereocenters. The van der Waals surface area contributed by atoms with Gasteiger partial charge in [-0.15, -0.1) is 0 Å². The average Bonchev–Trinajstić information content (AvgIpc) is 3.48. The highest BCUT2D eigenvalue weighted by molar-refractivity contribution is 9.10. The molecule has 3 aliphatic rings. The van der Waals surface area contributed by atoms with Gasteiger partial charge in [0, 0.05) is 23.9 Å². The van der Waals surface area contributed by atoms with Crippen LogP contribution < -0.4 is 21.3 Å². The summed E-state index contributed by atoms with van der Waals surface area (Å²) in [4.78, 5) is 66.6. The van der Waals surface area contributed by atoms with E-state index in [2.05, 4.69) is 37.2 Å². The lowest BCUT2D eigenvalue weighted by molar-refractivity contribution is -0.141. The highest BCUT2D eigenvalue weighted by Gasteiger charge is 2.36. The van der Waals surface area contributed by atoms with Crippen LogP contribution in [-0.4, -0.2) is 54.1 Å². The Morgan fingerprint density at radius 3 is 2.32 bits per heavy atom. The molecule has 4 amide bonds. The number of piperidine rings is 1. The minimum atomic E-state index is -1.19. The lowest BCUT2D eigenvalue weighted by Crippen LogP contribution is -2.56. The van der Waals surface area contributed by atoms with Crippen LogP contribution in [0.3, 0.4) is 0 Å². The molecule has 11 heteroatoms. The number of Topliss-reactive ketones (excluding diaryl/α,β-unsaturated/α-hetero) is 1. The number of amides is 4. The lowest BCUT2D eigenvalue weighted by atomic mass is 9.84. The van der Waals surface area contributed by atoms with Gasteiger partial charge in [-0.25, -0.2) is 0 Å². The van der Waals surface area contributed by atoms with Crippen molar-refractivity contribution in [3.8, 4) is 0 Å². The predicted molar refractivity (Wildman–Crippen MR) is 169 cm³/mol. The number of hydrogen-bond acceptors (Lipinski definition) is 6. The molecule has 3 atom stereocenters. The molecule has 1 aromatic heterocycles. The topological polar surface area (TPSA) is 147 Å². The molecule has 238 valence electrons. The van der Waals surface area contributed by atoms with Gasteiger partial charge in [0.05, 0.1) is 10.5 Å². The van der Waals surface area contributed by atoms with Crippen LogP contribution in [0.5, 0.6) is 0 Å². The van der Waals surface area contributed by atoms with Gasteiger partial charge in [0.1, 0.15) is 11.6 Å². The van der Waals surface area contributed by atoms with E-state index in [0.29, 0.717) is 29.4 Å². The average molecular weight is 672 g/mol. The molecule has 5 rings (SSSR count). The van der Waals surface area contributed by atoms with E-state index in [1.807, 2.05) is 18.2 Å². The first-order chi connectivity index (χ1) is 21.3. The number of benzene rings is 1. The van der Waals surface area contributed by atoms with Gasteiger partial charge in [-0.05, 0) is 72.5 Å². The maximum absolute atomic E-state index is 13.9. The van der Waals surface area contributed by atoms with Gasteiger partial charge in [0.25, 0.3) is 11.8 Å². The number of carbonyl (C=O) groups is 5. The first-order valence-corrected chi connectivity index (χ1v) is 17.0. The largest absolute Gasteiger partial charge is 0.450 e. The smallest absolute Gasteiger partial charge is 0.289 e. The zero-order chi connectivity index (χ0) is 31.1. The standard InChI is InChI=1S/C33H43BrN4O6/c34-24-15-7-11-21-19-27(44-29(21)24)32(42)38-26(17-20-9-3-1-4-10-20)31(41)37-25(18-22-12-8-16-35-30(22)40)28(39)33(43)36-23-13-5-2-6-14-23/h7,11,15,19-20,22-23,25-26H,1-6,8-10,12-14,16-18H2,(H,35,40)(H,36,43)(H,37,41)(H,38,42)/t22-,25-,26-/m0/s1. The maximum Gasteiger partial charge on any atom is 0.289 e. The Labute approximate surface area is 266 Å². The van der Waals surface area contributed by atoms with Crippen LogP contribution in [0.15, 0.2) is 33.2 Å². The molecule has 2 heterocycles. The van der Waals surface area contributed by atoms with E-state index in [-0.39, 0.29) is 30.0 Å². The van der Waals surface area contributed by atoms with Crippen molar-refractivity contribution in [2.45, 2.75) is 108 Å². The second-order valence-electron chi connectivity index (χ2n) is 12.6. The Morgan fingerprint density at radius 2 is 1.61 bits per heavy atom. The van der Waals surface area contributed by atoms with Crippen molar-refractivity contribution in [2.24, 2.45) is 11.8 Å². The number of para-hydroxylation sites is 1. The Balaban J connectivity index is 1.34. The van der Waals surface area contributed by atoms with Crippen LogP contribution in [0.25, 0.3) is 11.0 Å². The number of nitrogens with one attached hydrogen (secondary N) is 4. The van der Waals surface area contributed by atoms with Gasteiger partial charge < -0.3 is 25.7 Å². The maximum atomic E-state index is 13.9. The third-order valence-corrected chi connectivity index (χ3v) is 9.98. The van der Waals surface area contributed by atoms with Crippen LogP contribution in [0.2, 0.25) is 0 Å². The molecule has 4 N–H and O–H groups in total. The minimum Gasteiger partial charge on any atom is -0.450 e. The Bertz CT molecular complexity index is 1360. The zero-order valence-corrected chi connectivity index (χ0v) is 26.7. The summed E-state index contributed by atoms with van der Waals surface area (Å²) >= 11 is 3.44. The summed E-state index contributed by atoms with van der Waals surface area (Å²) in [7, 11) is 0. The third kappa shape index (κ3) is 8.28. The fraction of sp³-hybridized carbons (Fsp3) is 0.606. The normalized spacial score (nSPS) is 21.2. The monoisotopic (exact) mass is 670 g/mol. The quantitative estimate of drug-likeness (QED) is 0.255. The van der Waals surface area contributed by atoms with Crippen LogP contribution in [0.1, 0.15) is 100 Å². The van der Waals surface area contributed by atoms with Crippen LogP contribution in [0.4, 0.5) is 0 Å². The molecule has 2 saturated carbocycles. The van der Waals surface area contributed by atoms with Crippen molar-refractivity contribution < 1.29 is 28.4 Å². The summed E-state index contributed by atoms with van der Waals surface area (Å²) < 4.78 is 6.54. The van der Waals surface area contributed by atoms with Crippen molar-refractivity contribution in [3.63, 3.8) is 0 Å². The van der Waals surface area contributed by atoms with Crippen LogP contribution in [-0.2, 0) is 19.2 Å². The Hall–Kier alpha value is -3.21. The minimum absolute atomic E-state index is 0.0240. The fourth-order valence-corrected chi connectivity index (χ4v) is 7.33. The SMILES string of the molecule is O=C(NC1CCCCC1)C(=O)[C@H](C[C@@H]1CCCNC1=O)NC(=O)[C@H](CC1CCCCC1)NC(=O)c1cc2cccc(Br)c2o1. The first kappa shape index (κ1) is 32.2. The van der Waals surface area contributed by atoms with E-state index in [9.17, 15) is 24.0 Å². The highest BCUT2D eigenvalue weighted by atomic mass is 79.9. The first-order valence-electron chi connectivity index (χ1n) is 16.2. The van der Waals surface area contributed by atoms with Gasteiger partial charge in [0.15, 0.2) is 5.76 Å². The fourth-order valence-electron chi connectivity index (χ4n) is 6.87. The molecular weight excluding hydrogens is 628 g/mol. The molecule has 1 aromatic carbocycles. The highest BCUT2D eigenvalue weighted by Crippen LogP contribution is 2.29. The lowest BCUT2D eigenvalue weighted by Gasteiger charge is -2.30. The van der Waals surface area contributed by atoms with Gasteiger partial charge >= 0.3 is 0 Å². The molecule has 0 radical (unpaired) electrons. The predicted octanol–water partition coefficient (Wildman–Crippen LogP) is 4.68. The number of ketones is 1. The number of fused-ring (bicyclic) bond motifs is 1. The number of furan rings is 1. The van der Waals surface area contributed by atoms with Crippen molar-refractivity contribution in [2.75, 3.05) is 6.54 Å². The van der Waals surface area contributed by atoms with E-state index < -0.39 is 41.5 Å². The summed E-state index contributed by atoms with van der Waals surface area (Å²) in [6.07, 6.45) is 11.6. The third-order valence-electron chi connectivity index (χ3n) is 9.35. The number of hydrogen-bond donors (Lipinski definition) is 4. The Morgan fingerprint density at radius 1 is 0.886 bits per heavy atom. The van der Waals surface area contributed by atoms with E-state index in [0.717, 1.165) is 76.0 Å². The summed E-state index contributed by atoms with van der Waals surface area (Å²) in [6, 6.07) is 4.93. The van der Waals surface area contributed by atoms with Crippen molar-refractivity contribution in [1.82, 2.24) is 21.3 Å². The number of rotatable bonds is 11. The van der Waals surface area contributed by atoms with Crippen LogP contribution in [0, 0.1) is 11.8 Å². The number of halogens is 1. The molecule has 0 spiro atoms. The van der Waals surface area contributed by atoms with Crippen molar-refractivity contribution in [3.05, 3.63) is 34.5 Å². The molecular formula is C33H43BrN4O6. The summed E-state index contributed by atoms with van der Waals surface area (Å²) in [5.74, 6) is -2.94. The van der Waals surface area contributed by atoms with Crippen molar-refractivity contribution >= 4 is 56.3 Å². The van der Waals surface area contributed by atoms with E-state index >= 15 is 0 Å². The Kier molecular flexibility index (Phi) is 11.1. The molecule has 44 heavy (non-hydrogen) atoms. The van der Waals surface area contributed by atoms with E-state index in [1.165, 1.54) is 0 Å². The molecule has 2 aliphatic carbocycles. The zero-order valence-electron chi connectivity index (χ0n) is 25.1. The second kappa shape index (κ2) is 15.2. The molecule has 1 saturated heterocycles. The molecule has 2 aromatic rings. The summed E-state index contributed by atoms with van der Waals surface area (Å²) in [6.45, 7) is 0.566. The molecule has 3 fully saturated rings. The second-order valence-corrected chi connectivity index (χ2v) is 13.5. The molecule has 10 nitrogen and oxygen atoms in total. The summed E-state index contributed by atoms with van der Waals surface area (Å²) in [5.41, 5.74) is 0.534. The van der Waals surface area contributed by atoms with Gasteiger partial charge in [-0.1, -0.05) is 63.5 Å². The molecule has 0 bridgehead atoms. The summed E-state index contributed by atoms with van der Waals surface area (Å²) in [5, 5.41) is 12.1. The van der Waals surface area contributed by atoms with Gasteiger partial charge in [-0.2, -0.15) is 0 Å². The van der Waals surface area contributed by atoms with Crippen LogP contribution >= 0.6 is 15.9 Å². The van der Waals surface area contributed by atoms with Gasteiger partial charge in [-0.3, -0.25) is 24.0 Å². The number of carbonyl (C=O) groups excluding carboxylic acids is 5. The van der Waals surface area contributed by atoms with E-state index in [1.54, 1.807) is 6.07 Å². The van der Waals surface area contributed by atoms with Gasteiger partial charge in [0.2, 0.25) is 17.6 Å². The van der Waals surface area contributed by atoms with E-state index in [4.69, 9.17) is 4.42 Å².